The van der Waals surface area contributed by atoms with Gasteiger partial charge in [-0.05, 0) is 23.3 Å². The summed E-state index contributed by atoms with van der Waals surface area (Å²) in [7, 11) is 1.66. The Hall–Kier alpha value is -3.18. The molecule has 2 heterocycles. The van der Waals surface area contributed by atoms with Crippen molar-refractivity contribution in [1.82, 2.24) is 14.5 Å². The lowest BCUT2D eigenvalue weighted by Crippen LogP contribution is -2.01. The number of benzene rings is 2. The molecule has 5 heteroatoms. The Morgan fingerprint density at radius 2 is 1.47 bits per heavy atom. The highest BCUT2D eigenvalue weighted by atomic mass is 16.5. The van der Waals surface area contributed by atoms with E-state index in [1.807, 2.05) is 107 Å². The Morgan fingerprint density at radius 3 is 2.03 bits per heavy atom. The van der Waals surface area contributed by atoms with Crippen molar-refractivity contribution in [1.29, 1.82) is 0 Å². The van der Waals surface area contributed by atoms with Gasteiger partial charge in [0.05, 0.1) is 26.6 Å². The third kappa shape index (κ3) is 6.41. The van der Waals surface area contributed by atoms with Crippen molar-refractivity contribution in [3.8, 4) is 16.9 Å². The van der Waals surface area contributed by atoms with Crippen LogP contribution in [-0.4, -0.2) is 26.8 Å². The van der Waals surface area contributed by atoms with Gasteiger partial charge in [-0.15, -0.1) is 0 Å². The molecule has 0 saturated carbocycles. The molecular formula is C27H37N3O2. The van der Waals surface area contributed by atoms with Gasteiger partial charge >= 0.3 is 0 Å². The summed E-state index contributed by atoms with van der Waals surface area (Å²) in [4.78, 5) is 9.14. The van der Waals surface area contributed by atoms with Crippen LogP contribution in [0.3, 0.4) is 0 Å². The average molecular weight is 436 g/mol. The first-order valence-electron chi connectivity index (χ1n) is 11.4. The van der Waals surface area contributed by atoms with Crippen LogP contribution in [0.5, 0.6) is 5.75 Å². The topological polar surface area (TPSA) is 60.2 Å². The van der Waals surface area contributed by atoms with Crippen molar-refractivity contribution in [2.24, 2.45) is 0 Å². The summed E-state index contributed by atoms with van der Waals surface area (Å²) in [6.45, 7) is 12.6. The summed E-state index contributed by atoms with van der Waals surface area (Å²) in [6.07, 6.45) is 3.59. The highest BCUT2D eigenvalue weighted by Crippen LogP contribution is 2.28. The number of imidazole rings is 1. The van der Waals surface area contributed by atoms with Gasteiger partial charge in [0.25, 0.3) is 0 Å². The standard InChI is InChI=1S/C21H19N3O2.3C2H6/c1-26-17-9-7-15(8-10-17)12-24-14-23-20-19(13-25)18(11-22-21(20)24)16-5-3-2-4-6-16;3*1-2/h2-11,14,25H,12-13H2,1H3;3*1-2H3. The summed E-state index contributed by atoms with van der Waals surface area (Å²) in [5.74, 6) is 0.831. The zero-order valence-corrected chi connectivity index (χ0v) is 20.5. The molecule has 0 aliphatic heterocycles. The van der Waals surface area contributed by atoms with Crippen LogP contribution in [0.2, 0.25) is 0 Å². The number of aliphatic hydroxyl groups excluding tert-OH is 1. The number of aromatic nitrogens is 3. The minimum atomic E-state index is -0.0806. The molecule has 2 aromatic carbocycles. The maximum atomic E-state index is 9.94. The van der Waals surface area contributed by atoms with Crippen LogP contribution in [0.4, 0.5) is 0 Å². The summed E-state index contributed by atoms with van der Waals surface area (Å²) >= 11 is 0. The number of hydrogen-bond acceptors (Lipinski definition) is 4. The van der Waals surface area contributed by atoms with Crippen LogP contribution < -0.4 is 4.74 Å². The van der Waals surface area contributed by atoms with Gasteiger partial charge in [-0.1, -0.05) is 84.0 Å². The van der Waals surface area contributed by atoms with Crippen LogP contribution in [0, 0.1) is 0 Å². The molecule has 32 heavy (non-hydrogen) atoms. The summed E-state index contributed by atoms with van der Waals surface area (Å²) in [6, 6.07) is 17.9. The van der Waals surface area contributed by atoms with Crippen molar-refractivity contribution in [3.05, 3.63) is 78.2 Å². The predicted octanol–water partition coefficient (Wildman–Crippen LogP) is 6.73. The second kappa shape index (κ2) is 14.8. The highest BCUT2D eigenvalue weighted by molar-refractivity contribution is 5.83. The first kappa shape index (κ1) is 26.9. The zero-order chi connectivity index (χ0) is 23.9. The number of fused-ring (bicyclic) bond motifs is 1. The molecule has 0 unspecified atom stereocenters. The Kier molecular flexibility index (Phi) is 12.4. The molecule has 0 amide bonds. The summed E-state index contributed by atoms with van der Waals surface area (Å²) in [5, 5.41) is 9.94. The van der Waals surface area contributed by atoms with E-state index in [0.29, 0.717) is 6.54 Å². The molecule has 0 aliphatic carbocycles. The molecule has 0 bridgehead atoms. The lowest BCUT2D eigenvalue weighted by molar-refractivity contribution is 0.283. The second-order valence-electron chi connectivity index (χ2n) is 6.07. The Bertz CT molecular complexity index is 1030. The van der Waals surface area contributed by atoms with Crippen LogP contribution in [0.15, 0.2) is 67.1 Å². The van der Waals surface area contributed by atoms with Crippen molar-refractivity contribution in [2.45, 2.75) is 54.7 Å². The molecule has 1 N–H and O–H groups in total. The number of aliphatic hydroxyl groups is 1. The fourth-order valence-electron chi connectivity index (χ4n) is 3.13. The van der Waals surface area contributed by atoms with Crippen LogP contribution in [0.1, 0.15) is 52.7 Å². The van der Waals surface area contributed by atoms with Gasteiger partial charge in [0, 0.05) is 17.3 Å². The van der Waals surface area contributed by atoms with E-state index < -0.39 is 0 Å². The third-order valence-electron chi connectivity index (χ3n) is 4.49. The smallest absolute Gasteiger partial charge is 0.160 e. The normalized spacial score (nSPS) is 9.50. The van der Waals surface area contributed by atoms with Crippen molar-refractivity contribution >= 4 is 11.2 Å². The van der Waals surface area contributed by atoms with Gasteiger partial charge in [0.1, 0.15) is 11.3 Å². The molecule has 0 spiro atoms. The molecule has 172 valence electrons. The minimum Gasteiger partial charge on any atom is -0.497 e. The number of methoxy groups -OCH3 is 1. The molecule has 0 saturated heterocycles. The van der Waals surface area contributed by atoms with Gasteiger partial charge < -0.3 is 14.4 Å². The van der Waals surface area contributed by atoms with E-state index >= 15 is 0 Å². The molecule has 4 rings (SSSR count). The van der Waals surface area contributed by atoms with E-state index in [2.05, 4.69) is 9.97 Å². The minimum absolute atomic E-state index is 0.0806. The van der Waals surface area contributed by atoms with E-state index in [0.717, 1.165) is 39.2 Å². The van der Waals surface area contributed by atoms with E-state index in [-0.39, 0.29) is 6.61 Å². The summed E-state index contributed by atoms with van der Waals surface area (Å²) < 4.78 is 7.19. The van der Waals surface area contributed by atoms with Gasteiger partial charge in [0.15, 0.2) is 5.65 Å². The van der Waals surface area contributed by atoms with E-state index in [1.54, 1.807) is 13.4 Å². The number of rotatable bonds is 5. The molecule has 0 aliphatic rings. The van der Waals surface area contributed by atoms with Gasteiger partial charge in [-0.2, -0.15) is 0 Å². The van der Waals surface area contributed by atoms with E-state index in [1.165, 1.54) is 0 Å². The quantitative estimate of drug-likeness (QED) is 0.378. The lowest BCUT2D eigenvalue weighted by atomic mass is 10.0. The Morgan fingerprint density at radius 1 is 0.844 bits per heavy atom. The molecule has 5 nitrogen and oxygen atoms in total. The predicted molar refractivity (Wildman–Crippen MR) is 135 cm³/mol. The van der Waals surface area contributed by atoms with Gasteiger partial charge in [-0.25, -0.2) is 9.97 Å². The Labute approximate surface area is 192 Å². The lowest BCUT2D eigenvalue weighted by Gasteiger charge is -2.09. The van der Waals surface area contributed by atoms with Crippen LogP contribution >= 0.6 is 0 Å². The van der Waals surface area contributed by atoms with Crippen molar-refractivity contribution in [3.63, 3.8) is 0 Å². The Balaban J connectivity index is 0.000000789. The summed E-state index contributed by atoms with van der Waals surface area (Å²) in [5.41, 5.74) is 5.37. The number of hydrogen-bond donors (Lipinski definition) is 1. The van der Waals surface area contributed by atoms with Crippen molar-refractivity contribution < 1.29 is 9.84 Å². The highest BCUT2D eigenvalue weighted by Gasteiger charge is 2.14. The average Bonchev–Trinajstić information content (AvgIpc) is 3.30. The number of ether oxygens (including phenoxy) is 1. The van der Waals surface area contributed by atoms with Crippen LogP contribution in [-0.2, 0) is 13.2 Å². The molecule has 0 atom stereocenters. The first-order chi connectivity index (χ1) is 15.8. The monoisotopic (exact) mass is 435 g/mol. The third-order valence-corrected chi connectivity index (χ3v) is 4.49. The van der Waals surface area contributed by atoms with E-state index in [9.17, 15) is 5.11 Å². The van der Waals surface area contributed by atoms with Crippen LogP contribution in [0.25, 0.3) is 22.3 Å². The molecule has 0 fully saturated rings. The molecule has 2 aromatic heterocycles. The second-order valence-corrected chi connectivity index (χ2v) is 6.07. The molecule has 4 aromatic rings. The first-order valence-corrected chi connectivity index (χ1v) is 11.4. The number of nitrogens with zero attached hydrogens (tertiary/aromatic N) is 3. The molecular weight excluding hydrogens is 398 g/mol. The SMILES string of the molecule is CC.CC.CC.COc1ccc(Cn2cnc3c(CO)c(-c4ccccc4)cnc32)cc1. The van der Waals surface area contributed by atoms with Gasteiger partial charge in [0.2, 0.25) is 0 Å². The van der Waals surface area contributed by atoms with Gasteiger partial charge in [-0.3, -0.25) is 0 Å². The van der Waals surface area contributed by atoms with E-state index in [4.69, 9.17) is 4.74 Å². The maximum absolute atomic E-state index is 9.94. The fraction of sp³-hybridized carbons (Fsp3) is 0.333. The largest absolute Gasteiger partial charge is 0.497 e. The number of pyridine rings is 1. The fourth-order valence-corrected chi connectivity index (χ4v) is 3.13. The maximum Gasteiger partial charge on any atom is 0.160 e. The zero-order valence-electron chi connectivity index (χ0n) is 20.5. The van der Waals surface area contributed by atoms with Crippen molar-refractivity contribution in [2.75, 3.05) is 7.11 Å². The molecule has 0 radical (unpaired) electrons.